The van der Waals surface area contributed by atoms with Crippen LogP contribution in [0.15, 0.2) is 231 Å². The molecule has 0 bridgehead atoms. The van der Waals surface area contributed by atoms with Crippen molar-refractivity contribution in [3.63, 3.8) is 0 Å². The van der Waals surface area contributed by atoms with Crippen molar-refractivity contribution >= 4 is 49.6 Å². The molecule has 290 valence electrons. The summed E-state index contributed by atoms with van der Waals surface area (Å²) in [4.78, 5) is 2.47. The summed E-state index contributed by atoms with van der Waals surface area (Å²) >= 11 is 0. The fourth-order valence-electron chi connectivity index (χ4n) is 10.6. The third-order valence-corrected chi connectivity index (χ3v) is 13.2. The largest absolute Gasteiger partial charge is 0.457 e. The third kappa shape index (κ3) is 4.94. The van der Waals surface area contributed by atoms with Crippen LogP contribution < -0.4 is 9.64 Å². The lowest BCUT2D eigenvalue weighted by atomic mass is 9.66. The van der Waals surface area contributed by atoms with E-state index in [0.29, 0.717) is 0 Å². The summed E-state index contributed by atoms with van der Waals surface area (Å²) in [5, 5.41) is 4.87. The Hall–Kier alpha value is -8.14. The first-order chi connectivity index (χ1) is 30.8. The monoisotopic (exact) mass is 790 g/mol. The number of ether oxygens (including phenoxy) is 1. The van der Waals surface area contributed by atoms with Gasteiger partial charge in [0.15, 0.2) is 0 Å². The van der Waals surface area contributed by atoms with E-state index in [4.69, 9.17) is 4.74 Å². The predicted octanol–water partition coefficient (Wildman–Crippen LogP) is 15.5. The molecule has 3 nitrogen and oxygen atoms in total. The molecular formula is C59H38N2O. The normalized spacial score (nSPS) is 13.1. The molecule has 0 saturated heterocycles. The van der Waals surface area contributed by atoms with Gasteiger partial charge in [-0.15, -0.1) is 0 Å². The summed E-state index contributed by atoms with van der Waals surface area (Å²) in [6.45, 7) is 0. The Balaban J connectivity index is 1.12. The van der Waals surface area contributed by atoms with Gasteiger partial charge in [0, 0.05) is 44.5 Å². The SMILES string of the molecule is c1ccc(-c2ccccc2N(c2ccc3c(c2)C2(c4ccccc4Oc4ccccc42)c2cc4ccccc4cc2-3)c2ccc3c(c2)c2ccccc2n3-c2ccccc2)cc1. The molecular weight excluding hydrogens is 753 g/mol. The minimum absolute atomic E-state index is 0.631. The van der Waals surface area contributed by atoms with E-state index in [2.05, 4.69) is 240 Å². The van der Waals surface area contributed by atoms with Gasteiger partial charge in [0.05, 0.1) is 22.1 Å². The Morgan fingerprint density at radius 2 is 0.952 bits per heavy atom. The Bertz CT molecular complexity index is 3520. The Labute approximate surface area is 360 Å². The fraction of sp³-hybridized carbons (Fsp3) is 0.0169. The zero-order chi connectivity index (χ0) is 40.8. The second kappa shape index (κ2) is 13.4. The van der Waals surface area contributed by atoms with E-state index in [9.17, 15) is 0 Å². The first-order valence-electron chi connectivity index (χ1n) is 21.3. The van der Waals surface area contributed by atoms with Crippen LogP contribution in [0.4, 0.5) is 17.1 Å². The molecule has 0 amide bonds. The molecule has 1 aromatic heterocycles. The quantitative estimate of drug-likeness (QED) is 0.173. The van der Waals surface area contributed by atoms with E-state index >= 15 is 0 Å². The number of fused-ring (bicyclic) bond motifs is 13. The molecule has 2 heterocycles. The molecule has 1 aliphatic heterocycles. The third-order valence-electron chi connectivity index (χ3n) is 13.2. The average molecular weight is 791 g/mol. The summed E-state index contributed by atoms with van der Waals surface area (Å²) in [5.74, 6) is 1.77. The van der Waals surface area contributed by atoms with Gasteiger partial charge in [-0.1, -0.05) is 152 Å². The van der Waals surface area contributed by atoms with Crippen LogP contribution in [0, 0.1) is 0 Å². The van der Waals surface area contributed by atoms with Crippen molar-refractivity contribution in [2.24, 2.45) is 0 Å². The molecule has 0 fully saturated rings. The minimum atomic E-state index is -0.631. The van der Waals surface area contributed by atoms with Crippen molar-refractivity contribution in [1.29, 1.82) is 0 Å². The number of rotatable bonds is 5. The van der Waals surface area contributed by atoms with Crippen molar-refractivity contribution in [3.8, 4) is 39.4 Å². The zero-order valence-electron chi connectivity index (χ0n) is 33.7. The van der Waals surface area contributed by atoms with Crippen LogP contribution in [-0.2, 0) is 5.41 Å². The summed E-state index contributed by atoms with van der Waals surface area (Å²) in [6, 6.07) is 84.1. The first-order valence-corrected chi connectivity index (χ1v) is 21.3. The van der Waals surface area contributed by atoms with Crippen molar-refractivity contribution in [2.45, 2.75) is 5.41 Å². The molecule has 1 aliphatic carbocycles. The highest BCUT2D eigenvalue weighted by Gasteiger charge is 2.51. The van der Waals surface area contributed by atoms with Crippen LogP contribution in [-0.4, -0.2) is 4.57 Å². The van der Waals surface area contributed by atoms with Gasteiger partial charge in [0.1, 0.15) is 11.5 Å². The van der Waals surface area contributed by atoms with E-state index in [1.165, 1.54) is 60.4 Å². The van der Waals surface area contributed by atoms with E-state index in [0.717, 1.165) is 50.9 Å². The van der Waals surface area contributed by atoms with E-state index in [1.807, 2.05) is 0 Å². The van der Waals surface area contributed by atoms with Gasteiger partial charge < -0.3 is 14.2 Å². The van der Waals surface area contributed by atoms with Gasteiger partial charge >= 0.3 is 0 Å². The zero-order valence-corrected chi connectivity index (χ0v) is 33.7. The molecule has 0 atom stereocenters. The Morgan fingerprint density at radius 3 is 1.74 bits per heavy atom. The second-order valence-corrected chi connectivity index (χ2v) is 16.4. The van der Waals surface area contributed by atoms with Gasteiger partial charge in [-0.3, -0.25) is 0 Å². The lowest BCUT2D eigenvalue weighted by molar-refractivity contribution is 0.436. The van der Waals surface area contributed by atoms with E-state index < -0.39 is 5.41 Å². The molecule has 0 radical (unpaired) electrons. The van der Waals surface area contributed by atoms with Crippen LogP contribution in [0.25, 0.3) is 60.5 Å². The molecule has 11 aromatic rings. The summed E-state index contributed by atoms with van der Waals surface area (Å²) in [5.41, 5.74) is 15.8. The Morgan fingerprint density at radius 1 is 0.371 bits per heavy atom. The van der Waals surface area contributed by atoms with Gasteiger partial charge in [-0.25, -0.2) is 0 Å². The Kier molecular flexibility index (Phi) is 7.52. The molecule has 0 saturated carbocycles. The molecule has 2 aliphatic rings. The van der Waals surface area contributed by atoms with Gasteiger partial charge in [-0.2, -0.15) is 0 Å². The van der Waals surface area contributed by atoms with Gasteiger partial charge in [-0.05, 0) is 117 Å². The first kappa shape index (κ1) is 34.7. The van der Waals surface area contributed by atoms with Gasteiger partial charge in [0.2, 0.25) is 0 Å². The molecule has 1 spiro atoms. The summed E-state index contributed by atoms with van der Waals surface area (Å²) in [6.07, 6.45) is 0. The molecule has 62 heavy (non-hydrogen) atoms. The van der Waals surface area contributed by atoms with E-state index in [1.54, 1.807) is 0 Å². The number of nitrogens with zero attached hydrogens (tertiary/aromatic N) is 2. The van der Waals surface area contributed by atoms with Crippen LogP contribution in [0.3, 0.4) is 0 Å². The molecule has 3 heteroatoms. The summed E-state index contributed by atoms with van der Waals surface area (Å²) < 4.78 is 9.15. The number of benzene rings is 10. The second-order valence-electron chi connectivity index (χ2n) is 16.4. The maximum Gasteiger partial charge on any atom is 0.132 e. The van der Waals surface area contributed by atoms with E-state index in [-0.39, 0.29) is 0 Å². The molecule has 0 unspecified atom stereocenters. The number of para-hydroxylation sites is 5. The average Bonchev–Trinajstić information content (AvgIpc) is 3.81. The smallest absolute Gasteiger partial charge is 0.132 e. The molecule has 0 N–H and O–H groups in total. The topological polar surface area (TPSA) is 17.4 Å². The summed E-state index contributed by atoms with van der Waals surface area (Å²) in [7, 11) is 0. The van der Waals surface area contributed by atoms with Crippen LogP contribution >= 0.6 is 0 Å². The standard InChI is InChI=1S/C59H38N2O/c1-3-17-39(18-4-1)45-23-9-13-27-54(45)60(43-32-34-56-49(37-43)47-24-10-14-28-55(47)61(56)42-21-5-2-6-22-42)44-31-33-46-48-35-40-19-7-8-20-41(40)36-52(48)59(53(46)38-44)50-25-11-15-29-57(50)62-58-30-16-12-26-51(58)59/h1-38H. The number of hydrogen-bond donors (Lipinski definition) is 0. The lowest BCUT2D eigenvalue weighted by Gasteiger charge is -2.40. The highest BCUT2D eigenvalue weighted by Crippen LogP contribution is 2.63. The highest BCUT2D eigenvalue weighted by molar-refractivity contribution is 6.11. The van der Waals surface area contributed by atoms with Crippen molar-refractivity contribution in [3.05, 3.63) is 253 Å². The maximum absolute atomic E-state index is 6.76. The fourth-order valence-corrected chi connectivity index (χ4v) is 10.6. The number of aromatic nitrogens is 1. The lowest BCUT2D eigenvalue weighted by Crippen LogP contribution is -2.32. The highest BCUT2D eigenvalue weighted by atomic mass is 16.5. The van der Waals surface area contributed by atoms with Crippen LogP contribution in [0.2, 0.25) is 0 Å². The van der Waals surface area contributed by atoms with Crippen molar-refractivity contribution < 1.29 is 4.74 Å². The van der Waals surface area contributed by atoms with Gasteiger partial charge in [0.25, 0.3) is 0 Å². The van der Waals surface area contributed by atoms with Crippen LogP contribution in [0.1, 0.15) is 22.3 Å². The number of hydrogen-bond acceptors (Lipinski definition) is 2. The minimum Gasteiger partial charge on any atom is -0.457 e. The predicted molar refractivity (Wildman–Crippen MR) is 256 cm³/mol. The van der Waals surface area contributed by atoms with Crippen molar-refractivity contribution in [1.82, 2.24) is 4.57 Å². The maximum atomic E-state index is 6.76. The molecule has 13 rings (SSSR count). The molecule has 10 aromatic carbocycles. The van der Waals surface area contributed by atoms with Crippen molar-refractivity contribution in [2.75, 3.05) is 4.90 Å². The van der Waals surface area contributed by atoms with Crippen LogP contribution in [0.5, 0.6) is 11.5 Å². The number of anilines is 3.